The van der Waals surface area contributed by atoms with E-state index in [1.807, 2.05) is 4.90 Å². The van der Waals surface area contributed by atoms with Gasteiger partial charge in [-0.15, -0.1) is 12.4 Å². The topological polar surface area (TPSA) is 93.3 Å². The minimum absolute atomic E-state index is 0. The monoisotopic (exact) mass is 410 g/mol. The number of pyridine rings is 1. The molecular formula is C17H16ClFN4O3S. The number of benzene rings is 1. The molecule has 0 radical (unpaired) electrons. The highest BCUT2D eigenvalue weighted by Crippen LogP contribution is 2.43. The van der Waals surface area contributed by atoms with Gasteiger partial charge in [-0.3, -0.25) is 18.5 Å². The van der Waals surface area contributed by atoms with Gasteiger partial charge < -0.3 is 15.4 Å². The standard InChI is InChI=1S/C17H15FN4O3S.ClH/c1-7-6-25-15-12-9(4-10(18)13(15)21-3-2-8(19)5-21)14(23)11-16(24)20-26-17(11)22(7)12;/h4,8H,1-3,5-6,19H2,(H,20,24);1H. The van der Waals surface area contributed by atoms with Crippen LogP contribution in [0, 0.1) is 5.82 Å². The normalized spacial score (nSPS) is 18.8. The Bertz CT molecular complexity index is 1230. The Labute approximate surface area is 162 Å². The number of nitrogens with zero attached hydrogens (tertiary/aromatic N) is 2. The first-order valence-electron chi connectivity index (χ1n) is 8.21. The molecule has 0 aliphatic carbocycles. The van der Waals surface area contributed by atoms with E-state index in [4.69, 9.17) is 10.5 Å². The van der Waals surface area contributed by atoms with Gasteiger partial charge in [0.2, 0.25) is 5.43 Å². The molecule has 1 atom stereocenters. The van der Waals surface area contributed by atoms with Crippen molar-refractivity contribution < 1.29 is 9.13 Å². The van der Waals surface area contributed by atoms with Crippen LogP contribution in [-0.4, -0.2) is 34.7 Å². The molecule has 0 amide bonds. The van der Waals surface area contributed by atoms with Gasteiger partial charge in [0, 0.05) is 19.1 Å². The second-order valence-electron chi connectivity index (χ2n) is 6.66. The minimum atomic E-state index is -0.552. The molecule has 0 bridgehead atoms. The van der Waals surface area contributed by atoms with Crippen LogP contribution < -0.4 is 26.4 Å². The van der Waals surface area contributed by atoms with Crippen LogP contribution >= 0.6 is 23.9 Å². The first kappa shape index (κ1) is 18.0. The molecule has 7 nitrogen and oxygen atoms in total. The first-order valence-corrected chi connectivity index (χ1v) is 9.03. The number of anilines is 1. The molecule has 27 heavy (non-hydrogen) atoms. The second kappa shape index (κ2) is 6.08. The number of H-pyrrole nitrogens is 1. The predicted octanol–water partition coefficient (Wildman–Crippen LogP) is 1.87. The van der Waals surface area contributed by atoms with E-state index in [-0.39, 0.29) is 35.8 Å². The van der Waals surface area contributed by atoms with Gasteiger partial charge in [0.1, 0.15) is 28.0 Å². The van der Waals surface area contributed by atoms with Gasteiger partial charge >= 0.3 is 0 Å². The molecule has 3 aromatic rings. The number of nitrogens with two attached hydrogens (primary N) is 1. The zero-order valence-electron chi connectivity index (χ0n) is 14.1. The summed E-state index contributed by atoms with van der Waals surface area (Å²) in [6.07, 6.45) is 0.759. The molecule has 1 unspecified atom stereocenters. The molecule has 0 saturated carbocycles. The highest BCUT2D eigenvalue weighted by molar-refractivity contribution is 7.12. The first-order chi connectivity index (χ1) is 12.5. The minimum Gasteiger partial charge on any atom is -0.483 e. The third-order valence-corrected chi connectivity index (χ3v) is 5.87. The molecule has 3 N–H and O–H groups in total. The summed E-state index contributed by atoms with van der Waals surface area (Å²) in [6, 6.07) is 1.16. The molecule has 1 saturated heterocycles. The fourth-order valence-corrected chi connectivity index (χ4v) is 4.72. The average Bonchev–Trinajstić information content (AvgIpc) is 3.19. The summed E-state index contributed by atoms with van der Waals surface area (Å²) in [5.41, 5.74) is 6.34. The highest BCUT2D eigenvalue weighted by atomic mass is 35.5. The van der Waals surface area contributed by atoms with Crippen LogP contribution in [0.15, 0.2) is 22.2 Å². The van der Waals surface area contributed by atoms with Crippen molar-refractivity contribution in [1.82, 2.24) is 8.94 Å². The summed E-state index contributed by atoms with van der Waals surface area (Å²) in [6.45, 7) is 5.26. The van der Waals surface area contributed by atoms with Gasteiger partial charge in [0.05, 0.1) is 11.1 Å². The van der Waals surface area contributed by atoms with Crippen LogP contribution in [0.3, 0.4) is 0 Å². The van der Waals surface area contributed by atoms with Crippen molar-refractivity contribution in [3.05, 3.63) is 39.0 Å². The molecule has 2 aliphatic heterocycles. The summed E-state index contributed by atoms with van der Waals surface area (Å²) in [7, 11) is 0. The summed E-state index contributed by atoms with van der Waals surface area (Å²) in [4.78, 5) is 27.2. The largest absolute Gasteiger partial charge is 0.483 e. The Morgan fingerprint density at radius 1 is 1.41 bits per heavy atom. The smallest absolute Gasteiger partial charge is 0.271 e. The third kappa shape index (κ3) is 2.35. The maximum absolute atomic E-state index is 15.0. The number of halogens is 2. The molecule has 142 valence electrons. The molecular weight excluding hydrogens is 395 g/mol. The Morgan fingerprint density at radius 2 is 2.19 bits per heavy atom. The summed E-state index contributed by atoms with van der Waals surface area (Å²) in [5, 5.41) is 0.133. The van der Waals surface area contributed by atoms with Crippen LogP contribution in [-0.2, 0) is 0 Å². The third-order valence-electron chi connectivity index (χ3n) is 5.00. The second-order valence-corrected chi connectivity index (χ2v) is 7.45. The van der Waals surface area contributed by atoms with Gasteiger partial charge in [-0.25, -0.2) is 4.39 Å². The van der Waals surface area contributed by atoms with E-state index >= 15 is 0 Å². The number of nitrogens with one attached hydrogen (secondary N) is 1. The van der Waals surface area contributed by atoms with E-state index in [0.29, 0.717) is 40.6 Å². The summed E-state index contributed by atoms with van der Waals surface area (Å²) < 4.78 is 25.1. The van der Waals surface area contributed by atoms with Crippen LogP contribution in [0.2, 0.25) is 0 Å². The molecule has 5 rings (SSSR count). The lowest BCUT2D eigenvalue weighted by Crippen LogP contribution is -2.29. The number of aromatic amines is 1. The van der Waals surface area contributed by atoms with Crippen molar-refractivity contribution in [3.63, 3.8) is 0 Å². The van der Waals surface area contributed by atoms with Crippen LogP contribution in [0.5, 0.6) is 5.75 Å². The number of ether oxygens (including phenoxy) is 1. The zero-order chi connectivity index (χ0) is 18.2. The Morgan fingerprint density at radius 3 is 2.89 bits per heavy atom. The van der Waals surface area contributed by atoms with Crippen LogP contribution in [0.1, 0.15) is 6.42 Å². The number of aromatic nitrogens is 2. The van der Waals surface area contributed by atoms with Crippen LogP contribution in [0.4, 0.5) is 10.1 Å². The maximum Gasteiger partial charge on any atom is 0.271 e. The summed E-state index contributed by atoms with van der Waals surface area (Å²) >= 11 is 1.06. The lowest BCUT2D eigenvalue weighted by Gasteiger charge is -2.28. The highest BCUT2D eigenvalue weighted by Gasteiger charge is 2.32. The van der Waals surface area contributed by atoms with Gasteiger partial charge in [-0.2, -0.15) is 0 Å². The van der Waals surface area contributed by atoms with E-state index in [0.717, 1.165) is 18.0 Å². The van der Waals surface area contributed by atoms with Crippen molar-refractivity contribution >= 4 is 56.4 Å². The molecule has 10 heteroatoms. The van der Waals surface area contributed by atoms with E-state index in [2.05, 4.69) is 11.0 Å². The van der Waals surface area contributed by atoms with E-state index < -0.39 is 16.8 Å². The maximum atomic E-state index is 15.0. The van der Waals surface area contributed by atoms with Crippen LogP contribution in [0.25, 0.3) is 26.8 Å². The number of hydrogen-bond acceptors (Lipinski definition) is 6. The SMILES string of the molecule is C=C1COc2c(N3CCC(N)C3)c(F)cc3c(=O)c4c(=O)[nH]sc4n1c23.Cl. The van der Waals surface area contributed by atoms with Gasteiger partial charge in [0.25, 0.3) is 5.56 Å². The fourth-order valence-electron chi connectivity index (χ4n) is 3.83. The molecule has 1 aromatic carbocycles. The molecule has 2 aromatic heterocycles. The summed E-state index contributed by atoms with van der Waals surface area (Å²) in [5.74, 6) is -0.245. The number of hydrogen-bond donors (Lipinski definition) is 2. The lowest BCUT2D eigenvalue weighted by molar-refractivity contribution is 0.358. The van der Waals surface area contributed by atoms with Crippen molar-refractivity contribution in [2.24, 2.45) is 5.73 Å². The number of rotatable bonds is 1. The average molecular weight is 411 g/mol. The van der Waals surface area contributed by atoms with Crippen molar-refractivity contribution in [1.29, 1.82) is 0 Å². The molecule has 4 heterocycles. The predicted molar refractivity (Wildman–Crippen MR) is 107 cm³/mol. The van der Waals surface area contributed by atoms with Gasteiger partial charge in [-0.05, 0) is 24.0 Å². The Kier molecular flexibility index (Phi) is 4.06. The zero-order valence-corrected chi connectivity index (χ0v) is 15.7. The quantitative estimate of drug-likeness (QED) is 0.638. The van der Waals surface area contributed by atoms with Gasteiger partial charge in [-0.1, -0.05) is 6.58 Å². The van der Waals surface area contributed by atoms with E-state index in [9.17, 15) is 14.0 Å². The van der Waals surface area contributed by atoms with E-state index in [1.165, 1.54) is 6.07 Å². The van der Waals surface area contributed by atoms with Crippen molar-refractivity contribution in [2.45, 2.75) is 12.5 Å². The van der Waals surface area contributed by atoms with Gasteiger partial charge in [0.15, 0.2) is 11.6 Å². The van der Waals surface area contributed by atoms with Crippen molar-refractivity contribution in [3.8, 4) is 5.75 Å². The van der Waals surface area contributed by atoms with Crippen molar-refractivity contribution in [2.75, 3.05) is 24.6 Å². The Hall–Kier alpha value is -2.36. The Balaban J connectivity index is 0.00000180. The van der Waals surface area contributed by atoms with E-state index in [1.54, 1.807) is 4.57 Å². The molecule has 2 aliphatic rings. The number of fused-ring (bicyclic) bond motifs is 2. The fraction of sp³-hybridized carbons (Fsp3) is 0.294. The molecule has 1 fully saturated rings. The molecule has 0 spiro atoms. The lowest BCUT2D eigenvalue weighted by atomic mass is 10.1.